The highest BCUT2D eigenvalue weighted by Gasteiger charge is 2.26. The summed E-state index contributed by atoms with van der Waals surface area (Å²) < 4.78 is 0. The minimum absolute atomic E-state index is 0.0432. The third kappa shape index (κ3) is 3.50. The number of piperidine rings is 1. The molecule has 0 aromatic heterocycles. The maximum atomic E-state index is 10.2. The number of para-hydroxylation sites is 1. The Hall–Kier alpha value is -2.24. The molecule has 1 fully saturated rings. The molecule has 0 radical (unpaired) electrons. The van der Waals surface area contributed by atoms with Crippen molar-refractivity contribution in [1.82, 2.24) is 0 Å². The van der Waals surface area contributed by atoms with Crippen molar-refractivity contribution in [1.29, 1.82) is 0 Å². The number of phenolic OH excluding ortho intramolecular Hbond substituents is 1. The normalized spacial score (nSPS) is 16.5. The predicted octanol–water partition coefficient (Wildman–Crippen LogP) is 2.55. The van der Waals surface area contributed by atoms with Gasteiger partial charge in [0, 0.05) is 5.56 Å². The fourth-order valence-electron chi connectivity index (χ4n) is 3.10. The molecule has 1 atom stereocenters. The molecule has 2 heteroatoms. The number of benzene rings is 2. The van der Waals surface area contributed by atoms with Crippen LogP contribution in [0.1, 0.15) is 36.4 Å². The Morgan fingerprint density at radius 3 is 2.27 bits per heavy atom. The van der Waals surface area contributed by atoms with Crippen molar-refractivity contribution in [2.45, 2.75) is 25.3 Å². The van der Waals surface area contributed by atoms with Gasteiger partial charge in [-0.05, 0) is 49.4 Å². The van der Waals surface area contributed by atoms with Crippen molar-refractivity contribution in [3.05, 3.63) is 65.7 Å². The quantitative estimate of drug-likeness (QED) is 0.817. The summed E-state index contributed by atoms with van der Waals surface area (Å²) in [7, 11) is 0. The number of hydrogen-bond donors (Lipinski definition) is 2. The van der Waals surface area contributed by atoms with Crippen LogP contribution in [0.15, 0.2) is 54.6 Å². The summed E-state index contributed by atoms with van der Waals surface area (Å²) in [5.74, 6) is 7.06. The largest absolute Gasteiger partial charge is 0.507 e. The molecule has 22 heavy (non-hydrogen) atoms. The topological polar surface area (TPSA) is 24.7 Å². The fourth-order valence-corrected chi connectivity index (χ4v) is 3.10. The average Bonchev–Trinajstić information content (AvgIpc) is 2.58. The summed E-state index contributed by atoms with van der Waals surface area (Å²) >= 11 is 0. The summed E-state index contributed by atoms with van der Waals surface area (Å²) in [5, 5.41) is 10.2. The van der Waals surface area contributed by atoms with Crippen LogP contribution in [0.3, 0.4) is 0 Å². The number of rotatable bonds is 2. The molecular weight excluding hydrogens is 270 g/mol. The second-order valence-corrected chi connectivity index (χ2v) is 5.85. The van der Waals surface area contributed by atoms with Crippen molar-refractivity contribution < 1.29 is 10.0 Å². The van der Waals surface area contributed by atoms with Crippen LogP contribution in [-0.2, 0) is 0 Å². The Morgan fingerprint density at radius 1 is 0.864 bits per heavy atom. The van der Waals surface area contributed by atoms with E-state index in [0.717, 1.165) is 24.2 Å². The molecule has 3 rings (SSSR count). The van der Waals surface area contributed by atoms with Gasteiger partial charge in [0.15, 0.2) is 6.04 Å². The van der Waals surface area contributed by atoms with Gasteiger partial charge in [0.25, 0.3) is 0 Å². The average molecular weight is 292 g/mol. The molecular formula is C20H22NO+. The molecule has 2 aromatic rings. The van der Waals surface area contributed by atoms with Gasteiger partial charge in [-0.1, -0.05) is 36.3 Å². The maximum absolute atomic E-state index is 10.2. The standard InChI is InChI=1S/C20H21NO/c22-20-12-6-5-11-18(20)19(21-15-7-2-8-16-21)14-13-17-9-3-1-4-10-17/h1,3-6,9-12,19,22H,2,7-8,15-16H2/p+1/t19-/m1/s1. The minimum Gasteiger partial charge on any atom is -0.507 e. The second-order valence-electron chi connectivity index (χ2n) is 5.85. The Labute approximate surface area is 132 Å². The Balaban J connectivity index is 1.93. The predicted molar refractivity (Wildman–Crippen MR) is 88.7 cm³/mol. The highest BCUT2D eigenvalue weighted by atomic mass is 16.3. The van der Waals surface area contributed by atoms with Crippen LogP contribution in [0, 0.1) is 11.8 Å². The smallest absolute Gasteiger partial charge is 0.179 e. The summed E-state index contributed by atoms with van der Waals surface area (Å²) in [6.07, 6.45) is 3.79. The zero-order chi connectivity index (χ0) is 15.2. The van der Waals surface area contributed by atoms with Crippen LogP contribution < -0.4 is 4.90 Å². The molecule has 1 saturated heterocycles. The molecule has 2 N–H and O–H groups in total. The molecule has 1 aliphatic rings. The lowest BCUT2D eigenvalue weighted by Crippen LogP contribution is -3.13. The number of likely N-dealkylation sites (tertiary alicyclic amines) is 1. The molecule has 0 amide bonds. The lowest BCUT2D eigenvalue weighted by Gasteiger charge is -2.29. The van der Waals surface area contributed by atoms with Gasteiger partial charge in [-0.25, -0.2) is 0 Å². The SMILES string of the molecule is Oc1ccccc1[C@@H](C#Cc1ccccc1)[NH+]1CCCCC1. The lowest BCUT2D eigenvalue weighted by atomic mass is 10.0. The first-order valence-electron chi connectivity index (χ1n) is 8.03. The molecule has 2 nitrogen and oxygen atoms in total. The van der Waals surface area contributed by atoms with Gasteiger partial charge in [-0.3, -0.25) is 0 Å². The molecule has 0 unspecified atom stereocenters. The van der Waals surface area contributed by atoms with Crippen LogP contribution in [0.4, 0.5) is 0 Å². The van der Waals surface area contributed by atoms with E-state index >= 15 is 0 Å². The van der Waals surface area contributed by atoms with Crippen LogP contribution in [-0.4, -0.2) is 18.2 Å². The zero-order valence-electron chi connectivity index (χ0n) is 12.8. The highest BCUT2D eigenvalue weighted by molar-refractivity contribution is 5.41. The van der Waals surface area contributed by atoms with Crippen LogP contribution in [0.25, 0.3) is 0 Å². The first kappa shape index (κ1) is 14.7. The number of hydrogen-bond acceptors (Lipinski definition) is 1. The molecule has 0 aliphatic carbocycles. The summed E-state index contributed by atoms with van der Waals surface area (Å²) in [5.41, 5.74) is 1.97. The van der Waals surface area contributed by atoms with E-state index in [4.69, 9.17) is 0 Å². The van der Waals surface area contributed by atoms with Gasteiger partial charge >= 0.3 is 0 Å². The van der Waals surface area contributed by atoms with Crippen LogP contribution >= 0.6 is 0 Å². The number of quaternary nitrogens is 1. The molecule has 112 valence electrons. The summed E-state index contributed by atoms with van der Waals surface area (Å²) in [6.45, 7) is 2.25. The van der Waals surface area contributed by atoms with Gasteiger partial charge in [0.2, 0.25) is 0 Å². The molecule has 2 aromatic carbocycles. The fraction of sp³-hybridized carbons (Fsp3) is 0.300. The first-order chi connectivity index (χ1) is 10.8. The molecule has 0 saturated carbocycles. The first-order valence-corrected chi connectivity index (χ1v) is 8.03. The monoisotopic (exact) mass is 292 g/mol. The highest BCUT2D eigenvalue weighted by Crippen LogP contribution is 2.22. The van der Waals surface area contributed by atoms with E-state index in [1.807, 2.05) is 48.5 Å². The molecule has 1 heterocycles. The van der Waals surface area contributed by atoms with Crippen molar-refractivity contribution in [3.63, 3.8) is 0 Å². The van der Waals surface area contributed by atoms with E-state index in [0.29, 0.717) is 5.75 Å². The summed E-state index contributed by atoms with van der Waals surface area (Å²) in [6, 6.07) is 17.7. The van der Waals surface area contributed by atoms with Gasteiger partial charge < -0.3 is 10.0 Å². The number of aromatic hydroxyl groups is 1. The Kier molecular flexibility index (Phi) is 4.78. The van der Waals surface area contributed by atoms with E-state index in [-0.39, 0.29) is 6.04 Å². The molecule has 1 aliphatic heterocycles. The van der Waals surface area contributed by atoms with E-state index in [2.05, 4.69) is 11.8 Å². The van der Waals surface area contributed by atoms with Gasteiger partial charge in [0.1, 0.15) is 5.75 Å². The van der Waals surface area contributed by atoms with Gasteiger partial charge in [0.05, 0.1) is 18.7 Å². The van der Waals surface area contributed by atoms with E-state index in [9.17, 15) is 5.11 Å². The third-order valence-electron chi connectivity index (χ3n) is 4.29. The van der Waals surface area contributed by atoms with Crippen molar-refractivity contribution >= 4 is 0 Å². The van der Waals surface area contributed by atoms with Crippen molar-refractivity contribution in [3.8, 4) is 17.6 Å². The van der Waals surface area contributed by atoms with E-state index in [1.54, 1.807) is 6.07 Å². The minimum atomic E-state index is 0.0432. The van der Waals surface area contributed by atoms with Crippen LogP contribution in [0.5, 0.6) is 5.75 Å². The zero-order valence-corrected chi connectivity index (χ0v) is 12.8. The van der Waals surface area contributed by atoms with E-state index in [1.165, 1.54) is 24.2 Å². The van der Waals surface area contributed by atoms with Crippen LogP contribution in [0.2, 0.25) is 0 Å². The van der Waals surface area contributed by atoms with Gasteiger partial charge in [-0.2, -0.15) is 0 Å². The molecule has 0 bridgehead atoms. The molecule has 0 spiro atoms. The Morgan fingerprint density at radius 2 is 1.55 bits per heavy atom. The maximum Gasteiger partial charge on any atom is 0.179 e. The van der Waals surface area contributed by atoms with Crippen molar-refractivity contribution in [2.75, 3.05) is 13.1 Å². The second kappa shape index (κ2) is 7.15. The summed E-state index contributed by atoms with van der Waals surface area (Å²) in [4.78, 5) is 1.47. The number of phenols is 1. The van der Waals surface area contributed by atoms with Gasteiger partial charge in [-0.15, -0.1) is 0 Å². The third-order valence-corrected chi connectivity index (χ3v) is 4.29. The number of nitrogens with one attached hydrogen (secondary N) is 1. The van der Waals surface area contributed by atoms with Crippen molar-refractivity contribution in [2.24, 2.45) is 0 Å². The lowest BCUT2D eigenvalue weighted by molar-refractivity contribution is -0.927. The Bertz CT molecular complexity index is 663. The van der Waals surface area contributed by atoms with E-state index < -0.39 is 0 Å².